The monoisotopic (exact) mass is 375 g/mol. The lowest BCUT2D eigenvalue weighted by atomic mass is 9.96. The molecule has 27 heavy (non-hydrogen) atoms. The van der Waals surface area contributed by atoms with Crippen molar-refractivity contribution >= 4 is 22.5 Å². The number of aromatic amines is 1. The molecule has 1 aliphatic heterocycles. The van der Waals surface area contributed by atoms with Gasteiger partial charge in [-0.2, -0.15) is 0 Å². The van der Waals surface area contributed by atoms with Crippen LogP contribution in [0.25, 0.3) is 10.9 Å². The summed E-state index contributed by atoms with van der Waals surface area (Å²) in [6, 6.07) is 14.3. The zero-order valence-corrected chi connectivity index (χ0v) is 15.4. The Morgan fingerprint density at radius 3 is 2.89 bits per heavy atom. The van der Waals surface area contributed by atoms with Crippen LogP contribution >= 0.6 is 11.6 Å². The molecular formula is C21H18ClN5. The Hall–Kier alpha value is -2.76. The number of pyridine rings is 2. The Kier molecular flexibility index (Phi) is 4.11. The SMILES string of the molecule is Clc1cccc2ccc(CN3CCc4[nH]cnc4C3c3ccncc3)nc12. The first-order valence-corrected chi connectivity index (χ1v) is 9.37. The molecule has 1 aromatic carbocycles. The van der Waals surface area contributed by atoms with E-state index in [9.17, 15) is 0 Å². The summed E-state index contributed by atoms with van der Waals surface area (Å²) in [5.41, 5.74) is 5.36. The highest BCUT2D eigenvalue weighted by Crippen LogP contribution is 2.34. The summed E-state index contributed by atoms with van der Waals surface area (Å²) in [4.78, 5) is 19.3. The van der Waals surface area contributed by atoms with Gasteiger partial charge in [0, 0.05) is 43.0 Å². The van der Waals surface area contributed by atoms with Crippen LogP contribution < -0.4 is 0 Å². The van der Waals surface area contributed by atoms with Gasteiger partial charge in [0.1, 0.15) is 0 Å². The van der Waals surface area contributed by atoms with Crippen LogP contribution in [-0.2, 0) is 13.0 Å². The highest BCUT2D eigenvalue weighted by Gasteiger charge is 2.31. The first kappa shape index (κ1) is 16.4. The molecule has 134 valence electrons. The van der Waals surface area contributed by atoms with Crippen molar-refractivity contribution in [3.05, 3.63) is 88.9 Å². The molecule has 0 radical (unpaired) electrons. The standard InChI is InChI=1S/C21H18ClN5/c22-17-3-1-2-14-4-5-16(26-19(14)17)12-27-11-8-18-20(25-13-24-18)21(27)15-6-9-23-10-7-15/h1-7,9-10,13,21H,8,11-12H2,(H,24,25). The Labute approximate surface area is 162 Å². The number of nitrogens with zero attached hydrogens (tertiary/aromatic N) is 4. The Balaban J connectivity index is 1.53. The van der Waals surface area contributed by atoms with E-state index in [4.69, 9.17) is 16.6 Å². The van der Waals surface area contributed by atoms with Gasteiger partial charge in [-0.15, -0.1) is 0 Å². The van der Waals surface area contributed by atoms with Gasteiger partial charge in [0.2, 0.25) is 0 Å². The van der Waals surface area contributed by atoms with Crippen LogP contribution in [0.3, 0.4) is 0 Å². The van der Waals surface area contributed by atoms with Crippen LogP contribution in [0.4, 0.5) is 0 Å². The van der Waals surface area contributed by atoms with E-state index in [1.807, 2.05) is 30.6 Å². The van der Waals surface area contributed by atoms with E-state index in [-0.39, 0.29) is 6.04 Å². The van der Waals surface area contributed by atoms with Crippen molar-refractivity contribution in [3.8, 4) is 0 Å². The average molecular weight is 376 g/mol. The third kappa shape index (κ3) is 2.99. The first-order chi connectivity index (χ1) is 13.3. The summed E-state index contributed by atoms with van der Waals surface area (Å²) in [6.07, 6.45) is 6.41. The number of fused-ring (bicyclic) bond motifs is 2. The van der Waals surface area contributed by atoms with Crippen molar-refractivity contribution in [1.29, 1.82) is 0 Å². The lowest BCUT2D eigenvalue weighted by molar-refractivity contribution is 0.198. The van der Waals surface area contributed by atoms with Gasteiger partial charge in [-0.25, -0.2) is 9.97 Å². The molecule has 0 aliphatic carbocycles. The van der Waals surface area contributed by atoms with Gasteiger partial charge in [0.15, 0.2) is 0 Å². The van der Waals surface area contributed by atoms with Gasteiger partial charge >= 0.3 is 0 Å². The number of hydrogen-bond acceptors (Lipinski definition) is 4. The van der Waals surface area contributed by atoms with Crippen LogP contribution in [0, 0.1) is 0 Å². The van der Waals surface area contributed by atoms with E-state index < -0.39 is 0 Å². The molecule has 5 nitrogen and oxygen atoms in total. The molecule has 1 atom stereocenters. The number of hydrogen-bond donors (Lipinski definition) is 1. The second-order valence-corrected chi connectivity index (χ2v) is 7.19. The second-order valence-electron chi connectivity index (χ2n) is 6.78. The fourth-order valence-electron chi connectivity index (χ4n) is 3.86. The zero-order valence-electron chi connectivity index (χ0n) is 14.6. The van der Waals surface area contributed by atoms with Crippen LogP contribution in [0.1, 0.15) is 28.7 Å². The van der Waals surface area contributed by atoms with E-state index in [1.54, 1.807) is 6.33 Å². The maximum absolute atomic E-state index is 6.35. The van der Waals surface area contributed by atoms with Crippen LogP contribution in [0.2, 0.25) is 5.02 Å². The fraction of sp³-hybridized carbons (Fsp3) is 0.190. The second kappa shape index (κ2) is 6.76. The number of imidazole rings is 1. The minimum absolute atomic E-state index is 0.0896. The summed E-state index contributed by atoms with van der Waals surface area (Å²) >= 11 is 6.35. The van der Waals surface area contributed by atoms with Gasteiger partial charge < -0.3 is 4.98 Å². The van der Waals surface area contributed by atoms with E-state index >= 15 is 0 Å². The molecule has 0 spiro atoms. The molecule has 0 fully saturated rings. The highest BCUT2D eigenvalue weighted by molar-refractivity contribution is 6.35. The van der Waals surface area contributed by atoms with E-state index in [0.717, 1.165) is 41.8 Å². The van der Waals surface area contributed by atoms with Crippen molar-refractivity contribution in [3.63, 3.8) is 0 Å². The molecule has 0 bridgehead atoms. The van der Waals surface area contributed by atoms with Gasteiger partial charge in [-0.1, -0.05) is 29.8 Å². The molecule has 0 saturated carbocycles. The number of aromatic nitrogens is 4. The van der Waals surface area contributed by atoms with Gasteiger partial charge in [-0.05, 0) is 29.8 Å². The predicted octanol–water partition coefficient (Wildman–Crippen LogP) is 4.15. The van der Waals surface area contributed by atoms with E-state index in [2.05, 4.69) is 44.1 Å². The minimum Gasteiger partial charge on any atom is -0.348 e. The number of halogens is 1. The van der Waals surface area contributed by atoms with Crippen LogP contribution in [0.5, 0.6) is 0 Å². The number of rotatable bonds is 3. The molecule has 4 aromatic rings. The van der Waals surface area contributed by atoms with Crippen molar-refractivity contribution < 1.29 is 0 Å². The van der Waals surface area contributed by atoms with Gasteiger partial charge in [0.05, 0.1) is 34.3 Å². The normalized spacial score (nSPS) is 17.1. The summed E-state index contributed by atoms with van der Waals surface area (Å²) < 4.78 is 0. The first-order valence-electron chi connectivity index (χ1n) is 9.00. The summed E-state index contributed by atoms with van der Waals surface area (Å²) in [6.45, 7) is 1.67. The average Bonchev–Trinajstić information content (AvgIpc) is 3.18. The molecule has 0 amide bonds. The van der Waals surface area contributed by atoms with E-state index in [0.29, 0.717) is 5.02 Å². The smallest absolute Gasteiger partial charge is 0.0926 e. The number of nitrogens with one attached hydrogen (secondary N) is 1. The number of benzene rings is 1. The van der Waals surface area contributed by atoms with Gasteiger partial charge in [0.25, 0.3) is 0 Å². The molecule has 0 saturated heterocycles. The van der Waals surface area contributed by atoms with Crippen molar-refractivity contribution in [2.24, 2.45) is 0 Å². The quantitative estimate of drug-likeness (QED) is 0.584. The molecule has 1 unspecified atom stereocenters. The van der Waals surface area contributed by atoms with Gasteiger partial charge in [-0.3, -0.25) is 9.88 Å². The maximum atomic E-state index is 6.35. The van der Waals surface area contributed by atoms with E-state index in [1.165, 1.54) is 11.3 Å². The van der Waals surface area contributed by atoms with Crippen molar-refractivity contribution in [1.82, 2.24) is 24.8 Å². The molecular weight excluding hydrogens is 358 g/mol. The largest absolute Gasteiger partial charge is 0.348 e. The highest BCUT2D eigenvalue weighted by atomic mass is 35.5. The predicted molar refractivity (Wildman–Crippen MR) is 106 cm³/mol. The minimum atomic E-state index is 0.0896. The zero-order chi connectivity index (χ0) is 18.2. The lowest BCUT2D eigenvalue weighted by Gasteiger charge is -2.35. The molecule has 1 N–H and O–H groups in total. The number of para-hydroxylation sites is 1. The Morgan fingerprint density at radius 1 is 1.11 bits per heavy atom. The summed E-state index contributed by atoms with van der Waals surface area (Å²) in [7, 11) is 0. The topological polar surface area (TPSA) is 57.7 Å². The lowest BCUT2D eigenvalue weighted by Crippen LogP contribution is -2.36. The molecule has 1 aliphatic rings. The van der Waals surface area contributed by atoms with Crippen molar-refractivity contribution in [2.45, 2.75) is 19.0 Å². The third-order valence-electron chi connectivity index (χ3n) is 5.14. The summed E-state index contributed by atoms with van der Waals surface area (Å²) in [5, 5.41) is 1.75. The molecule has 3 aromatic heterocycles. The van der Waals surface area contributed by atoms with Crippen molar-refractivity contribution in [2.75, 3.05) is 6.54 Å². The molecule has 5 rings (SSSR count). The Morgan fingerprint density at radius 2 is 2.00 bits per heavy atom. The molecule has 4 heterocycles. The van der Waals surface area contributed by atoms with Crippen LogP contribution in [0.15, 0.2) is 61.2 Å². The third-order valence-corrected chi connectivity index (χ3v) is 5.45. The maximum Gasteiger partial charge on any atom is 0.0926 e. The summed E-state index contributed by atoms with van der Waals surface area (Å²) in [5.74, 6) is 0. The van der Waals surface area contributed by atoms with Crippen LogP contribution in [-0.4, -0.2) is 31.4 Å². The number of H-pyrrole nitrogens is 1. The molecule has 6 heteroatoms. The Bertz CT molecular complexity index is 1090. The fourth-order valence-corrected chi connectivity index (χ4v) is 4.08.